The summed E-state index contributed by atoms with van der Waals surface area (Å²) in [6.07, 6.45) is 8.12. The maximum atomic E-state index is 14.6. The van der Waals surface area contributed by atoms with Crippen LogP contribution in [0.2, 0.25) is 0 Å². The highest BCUT2D eigenvalue weighted by Gasteiger charge is 2.31. The average molecular weight is 728 g/mol. The number of piperidine rings is 1. The summed E-state index contributed by atoms with van der Waals surface area (Å²) in [6, 6.07) is 12.3. The van der Waals surface area contributed by atoms with Gasteiger partial charge in [-0.1, -0.05) is 6.42 Å². The third-order valence-corrected chi connectivity index (χ3v) is 10.3. The van der Waals surface area contributed by atoms with E-state index in [0.29, 0.717) is 80.9 Å². The van der Waals surface area contributed by atoms with Crippen molar-refractivity contribution in [3.8, 4) is 0 Å². The number of nitrogens with one attached hydrogen (secondary N) is 3. The summed E-state index contributed by atoms with van der Waals surface area (Å²) in [5.74, 6) is -1.09. The minimum Gasteiger partial charge on any atom is -0.374 e. The Bertz CT molecular complexity index is 1980. The monoisotopic (exact) mass is 727 g/mol. The molecule has 7 rings (SSSR count). The molecule has 0 spiro atoms. The Morgan fingerprint density at radius 3 is 2.53 bits per heavy atom. The highest BCUT2D eigenvalue weighted by molar-refractivity contribution is 6.01. The van der Waals surface area contributed by atoms with Crippen molar-refractivity contribution in [2.75, 3.05) is 54.4 Å². The SMILES string of the molecule is O=C1CCC(Nc2ccc(N3CCN(C(=O)CCCCCNC(=O)c4cnn5ccc(N6CCC[C@@H]6c6cc(F)ccc6F)nc45)CC3)cc2)C(=O)N1. The van der Waals surface area contributed by atoms with E-state index in [9.17, 15) is 28.0 Å². The zero-order valence-electron chi connectivity index (χ0n) is 29.4. The van der Waals surface area contributed by atoms with Crippen molar-refractivity contribution >= 4 is 46.5 Å². The number of piperazine rings is 1. The van der Waals surface area contributed by atoms with Crippen LogP contribution in [-0.2, 0) is 14.4 Å². The fourth-order valence-corrected chi connectivity index (χ4v) is 7.36. The molecule has 2 aromatic heterocycles. The van der Waals surface area contributed by atoms with Gasteiger partial charge in [-0.25, -0.2) is 18.3 Å². The van der Waals surface area contributed by atoms with Gasteiger partial charge in [0, 0.05) is 75.2 Å². The fraction of sp³-hybridized carbons (Fsp3) is 0.421. The molecule has 4 aromatic rings. The molecule has 0 bridgehead atoms. The number of unbranched alkanes of at least 4 members (excludes halogenated alkanes) is 2. The van der Waals surface area contributed by atoms with Crippen LogP contribution in [0.15, 0.2) is 60.9 Å². The molecule has 2 atom stereocenters. The number of anilines is 3. The average Bonchev–Trinajstić information content (AvgIpc) is 3.83. The molecule has 15 heteroatoms. The molecule has 2 aromatic carbocycles. The summed E-state index contributed by atoms with van der Waals surface area (Å²) in [6.45, 7) is 3.80. The first-order valence-corrected chi connectivity index (χ1v) is 18.3. The molecule has 0 saturated carbocycles. The van der Waals surface area contributed by atoms with E-state index in [-0.39, 0.29) is 29.7 Å². The quantitative estimate of drug-likeness (QED) is 0.145. The number of hydrogen-bond donors (Lipinski definition) is 3. The lowest BCUT2D eigenvalue weighted by molar-refractivity contribution is -0.134. The number of halogens is 2. The first-order valence-electron chi connectivity index (χ1n) is 18.3. The van der Waals surface area contributed by atoms with Gasteiger partial charge in [0.1, 0.15) is 29.1 Å². The van der Waals surface area contributed by atoms with Gasteiger partial charge in [-0.2, -0.15) is 5.10 Å². The van der Waals surface area contributed by atoms with E-state index in [1.807, 2.05) is 34.1 Å². The number of carbonyl (C=O) groups is 4. The molecule has 3 aliphatic rings. The van der Waals surface area contributed by atoms with E-state index < -0.39 is 17.7 Å². The third-order valence-electron chi connectivity index (χ3n) is 10.3. The molecule has 3 saturated heterocycles. The number of rotatable bonds is 12. The maximum absolute atomic E-state index is 14.6. The summed E-state index contributed by atoms with van der Waals surface area (Å²) < 4.78 is 30.1. The van der Waals surface area contributed by atoms with Crippen LogP contribution < -0.4 is 25.8 Å². The van der Waals surface area contributed by atoms with Crippen molar-refractivity contribution in [1.82, 2.24) is 30.1 Å². The number of aromatic nitrogens is 3. The lowest BCUT2D eigenvalue weighted by atomic mass is 10.0. The minimum atomic E-state index is -0.489. The van der Waals surface area contributed by atoms with E-state index in [1.54, 1.807) is 12.3 Å². The molecular formula is C38H43F2N9O4. The standard InChI is InChI=1S/C38H43F2N9O4/c39-25-7-12-30(40)28(23-25)32-5-4-17-48(32)33-15-18-49-36(44-33)29(24-42-49)37(52)41-16-3-1-2-6-35(51)47-21-19-46(20-22-47)27-10-8-26(9-11-27)43-31-13-14-34(50)45-38(31)53/h7-12,15,18,23-24,31-32,43H,1-6,13-14,16-17,19-22H2,(H,41,52)(H,45,50,53)/t31?,32-/m1/s1. The van der Waals surface area contributed by atoms with Gasteiger partial charge in [-0.3, -0.25) is 24.5 Å². The van der Waals surface area contributed by atoms with Gasteiger partial charge < -0.3 is 25.3 Å². The van der Waals surface area contributed by atoms with Crippen molar-refractivity contribution in [2.45, 2.75) is 63.5 Å². The van der Waals surface area contributed by atoms with Gasteiger partial charge in [-0.15, -0.1) is 0 Å². The molecule has 53 heavy (non-hydrogen) atoms. The van der Waals surface area contributed by atoms with E-state index in [4.69, 9.17) is 4.98 Å². The molecule has 4 amide bonds. The van der Waals surface area contributed by atoms with E-state index in [2.05, 4.69) is 25.9 Å². The maximum Gasteiger partial charge on any atom is 0.256 e. The molecule has 278 valence electrons. The van der Waals surface area contributed by atoms with E-state index in [1.165, 1.54) is 16.8 Å². The van der Waals surface area contributed by atoms with Gasteiger partial charge in [0.05, 0.1) is 12.2 Å². The molecule has 13 nitrogen and oxygen atoms in total. The Labute approximate surface area is 305 Å². The van der Waals surface area contributed by atoms with Gasteiger partial charge >= 0.3 is 0 Å². The molecule has 0 aliphatic carbocycles. The normalized spacial score (nSPS) is 19.1. The number of carbonyl (C=O) groups excluding carboxylic acids is 4. The van der Waals surface area contributed by atoms with Gasteiger partial charge in [-0.05, 0) is 80.6 Å². The van der Waals surface area contributed by atoms with Gasteiger partial charge in [0.15, 0.2) is 5.65 Å². The highest BCUT2D eigenvalue weighted by Crippen LogP contribution is 2.37. The molecular weight excluding hydrogens is 684 g/mol. The molecule has 5 heterocycles. The zero-order valence-corrected chi connectivity index (χ0v) is 29.4. The minimum absolute atomic E-state index is 0.131. The second-order valence-electron chi connectivity index (χ2n) is 13.8. The molecule has 3 aliphatic heterocycles. The van der Waals surface area contributed by atoms with Crippen molar-refractivity contribution < 1.29 is 28.0 Å². The van der Waals surface area contributed by atoms with Crippen molar-refractivity contribution in [3.05, 3.63) is 83.7 Å². The topological polar surface area (TPSA) is 144 Å². The first-order chi connectivity index (χ1) is 25.7. The molecule has 3 fully saturated rings. The summed E-state index contributed by atoms with van der Waals surface area (Å²) in [5, 5.41) is 12.8. The molecule has 0 radical (unpaired) electrons. The van der Waals surface area contributed by atoms with Crippen LogP contribution in [0.3, 0.4) is 0 Å². The summed E-state index contributed by atoms with van der Waals surface area (Å²) in [4.78, 5) is 60.3. The molecule has 3 N–H and O–H groups in total. The van der Waals surface area contributed by atoms with Crippen LogP contribution in [0.5, 0.6) is 0 Å². The van der Waals surface area contributed by atoms with Crippen LogP contribution in [0, 0.1) is 11.6 Å². The zero-order chi connectivity index (χ0) is 36.9. The van der Waals surface area contributed by atoms with Crippen molar-refractivity contribution in [2.24, 2.45) is 0 Å². The lowest BCUT2D eigenvalue weighted by Crippen LogP contribution is -2.48. The predicted octanol–water partition coefficient (Wildman–Crippen LogP) is 4.21. The van der Waals surface area contributed by atoms with Crippen LogP contribution in [0.1, 0.15) is 73.3 Å². The number of benzene rings is 2. The predicted molar refractivity (Wildman–Crippen MR) is 194 cm³/mol. The fourth-order valence-electron chi connectivity index (χ4n) is 7.36. The van der Waals surface area contributed by atoms with Crippen molar-refractivity contribution in [1.29, 1.82) is 0 Å². The summed E-state index contributed by atoms with van der Waals surface area (Å²) in [5.41, 5.74) is 2.87. The Balaban J connectivity index is 0.823. The molecule has 1 unspecified atom stereocenters. The van der Waals surface area contributed by atoms with Crippen LogP contribution in [0.4, 0.5) is 26.0 Å². The number of hydrogen-bond acceptors (Lipinski definition) is 9. The van der Waals surface area contributed by atoms with E-state index >= 15 is 0 Å². The second-order valence-corrected chi connectivity index (χ2v) is 13.8. The number of fused-ring (bicyclic) bond motifs is 1. The van der Waals surface area contributed by atoms with E-state index in [0.717, 1.165) is 55.9 Å². The Kier molecular flexibility index (Phi) is 10.8. The largest absolute Gasteiger partial charge is 0.374 e. The number of nitrogens with zero attached hydrogens (tertiary/aromatic N) is 6. The number of imide groups is 1. The Morgan fingerprint density at radius 1 is 0.925 bits per heavy atom. The highest BCUT2D eigenvalue weighted by atomic mass is 19.1. The van der Waals surface area contributed by atoms with Gasteiger partial charge in [0.2, 0.25) is 17.7 Å². The Morgan fingerprint density at radius 2 is 1.74 bits per heavy atom. The first kappa shape index (κ1) is 35.8. The number of amides is 4. The van der Waals surface area contributed by atoms with Gasteiger partial charge in [0.25, 0.3) is 5.91 Å². The Hall–Kier alpha value is -5.60. The smallest absolute Gasteiger partial charge is 0.256 e. The summed E-state index contributed by atoms with van der Waals surface area (Å²) >= 11 is 0. The lowest BCUT2D eigenvalue weighted by Gasteiger charge is -2.36. The second kappa shape index (κ2) is 16.0. The van der Waals surface area contributed by atoms with Crippen molar-refractivity contribution in [3.63, 3.8) is 0 Å². The van der Waals surface area contributed by atoms with Crippen LogP contribution in [0.25, 0.3) is 5.65 Å². The summed E-state index contributed by atoms with van der Waals surface area (Å²) in [7, 11) is 0. The van der Waals surface area contributed by atoms with Crippen LogP contribution >= 0.6 is 0 Å². The third kappa shape index (κ3) is 8.23. The van der Waals surface area contributed by atoms with Crippen LogP contribution in [-0.4, -0.2) is 88.4 Å².